The zero-order chi connectivity index (χ0) is 20.5. The number of nitrogens with zero attached hydrogens (tertiary/aromatic N) is 4. The molecule has 1 aromatic carbocycles. The Morgan fingerprint density at radius 2 is 2.00 bits per heavy atom. The molecular weight excluding hydrogens is 371 g/mol. The van der Waals surface area contributed by atoms with E-state index in [1.54, 1.807) is 18.3 Å². The van der Waals surface area contributed by atoms with Crippen molar-refractivity contribution >= 4 is 5.91 Å². The van der Waals surface area contributed by atoms with E-state index in [0.717, 1.165) is 40.9 Å². The number of hydrogen-bond donors (Lipinski definition) is 0. The number of hydrogen-bond acceptors (Lipinski definition) is 5. The second-order valence-electron chi connectivity index (χ2n) is 7.49. The van der Waals surface area contributed by atoms with Crippen molar-refractivity contribution in [2.45, 2.75) is 46.1 Å². The van der Waals surface area contributed by atoms with Crippen LogP contribution in [0.3, 0.4) is 0 Å². The summed E-state index contributed by atoms with van der Waals surface area (Å²) in [5.74, 6) is 0.997. The van der Waals surface area contributed by atoms with Crippen molar-refractivity contribution < 1.29 is 13.7 Å². The predicted octanol–water partition coefficient (Wildman–Crippen LogP) is 4.10. The van der Waals surface area contributed by atoms with Gasteiger partial charge in [-0.05, 0) is 51.3 Å². The summed E-state index contributed by atoms with van der Waals surface area (Å²) >= 11 is 0. The van der Waals surface area contributed by atoms with E-state index in [2.05, 4.69) is 10.1 Å². The Morgan fingerprint density at radius 3 is 2.69 bits per heavy atom. The zero-order valence-electron chi connectivity index (χ0n) is 16.8. The van der Waals surface area contributed by atoms with Gasteiger partial charge >= 0.3 is 0 Å². The maximum atomic E-state index is 13.2. The minimum absolute atomic E-state index is 0.00629. The second kappa shape index (κ2) is 7.73. The first-order chi connectivity index (χ1) is 13.9. The molecule has 0 radical (unpaired) electrons. The Kier molecular flexibility index (Phi) is 5.13. The molecule has 4 rings (SSSR count). The molecule has 1 saturated heterocycles. The molecule has 6 nitrogen and oxygen atoms in total. The fraction of sp³-hybridized carbons (Fsp3) is 0.364. The molecule has 0 spiro atoms. The van der Waals surface area contributed by atoms with Gasteiger partial charge in [-0.3, -0.25) is 4.79 Å². The number of rotatable bonds is 4. The van der Waals surface area contributed by atoms with Gasteiger partial charge < -0.3 is 9.42 Å². The standard InChI is InChI=1S/C22H23FN4O2/c1-13-14(2)26-29-22(13)18-12-24-15(3)25-21(18)19-5-4-10-27(19)20(28)11-16-6-8-17(23)9-7-16/h6-9,12,19H,4-5,10-11H2,1-3H3/t19-/m1/s1. The van der Waals surface area contributed by atoms with Crippen molar-refractivity contribution in [3.8, 4) is 11.3 Å². The van der Waals surface area contributed by atoms with E-state index in [1.807, 2.05) is 25.7 Å². The Morgan fingerprint density at radius 1 is 1.24 bits per heavy atom. The molecule has 150 valence electrons. The van der Waals surface area contributed by atoms with Crippen LogP contribution >= 0.6 is 0 Å². The lowest BCUT2D eigenvalue weighted by atomic mass is 10.0. The SMILES string of the molecule is Cc1ncc(-c2onc(C)c2C)c([C@H]2CCCN2C(=O)Cc2ccc(F)cc2)n1. The molecule has 3 heterocycles. The Balaban J connectivity index is 1.66. The molecule has 3 aromatic rings. The van der Waals surface area contributed by atoms with Gasteiger partial charge in [0.15, 0.2) is 5.76 Å². The van der Waals surface area contributed by atoms with Crippen molar-refractivity contribution in [1.29, 1.82) is 0 Å². The van der Waals surface area contributed by atoms with Crippen molar-refractivity contribution in [2.75, 3.05) is 6.54 Å². The summed E-state index contributed by atoms with van der Waals surface area (Å²) in [6, 6.07) is 5.92. The molecule has 0 unspecified atom stereocenters. The van der Waals surface area contributed by atoms with E-state index < -0.39 is 0 Å². The summed E-state index contributed by atoms with van der Waals surface area (Å²) < 4.78 is 18.7. The third-order valence-electron chi connectivity index (χ3n) is 5.50. The van der Waals surface area contributed by atoms with Crippen molar-refractivity contribution in [2.24, 2.45) is 0 Å². The Hall–Kier alpha value is -3.09. The monoisotopic (exact) mass is 394 g/mol. The van der Waals surface area contributed by atoms with Crippen LogP contribution in [0, 0.1) is 26.6 Å². The average Bonchev–Trinajstić information content (AvgIpc) is 3.31. The number of aromatic nitrogens is 3. The molecule has 0 saturated carbocycles. The Labute approximate surface area is 168 Å². The van der Waals surface area contributed by atoms with Gasteiger partial charge in [-0.2, -0.15) is 0 Å². The first-order valence-electron chi connectivity index (χ1n) is 9.74. The fourth-order valence-corrected chi connectivity index (χ4v) is 3.81. The number of likely N-dealkylation sites (tertiary alicyclic amines) is 1. The molecule has 1 fully saturated rings. The van der Waals surface area contributed by atoms with Crippen molar-refractivity contribution in [3.05, 3.63) is 64.6 Å². The van der Waals surface area contributed by atoms with E-state index in [1.165, 1.54) is 12.1 Å². The Bertz CT molecular complexity index is 1050. The number of benzene rings is 1. The normalized spacial score (nSPS) is 16.4. The number of carbonyl (C=O) groups excluding carboxylic acids is 1. The quantitative estimate of drug-likeness (QED) is 0.666. The lowest BCUT2D eigenvalue weighted by Gasteiger charge is -2.26. The first kappa shape index (κ1) is 19.2. The van der Waals surface area contributed by atoms with Crippen molar-refractivity contribution in [1.82, 2.24) is 20.0 Å². The summed E-state index contributed by atoms with van der Waals surface area (Å²) in [6.45, 7) is 6.36. The van der Waals surface area contributed by atoms with E-state index >= 15 is 0 Å². The molecule has 1 aliphatic heterocycles. The predicted molar refractivity (Wildman–Crippen MR) is 106 cm³/mol. The van der Waals surface area contributed by atoms with Crippen LogP contribution in [0.25, 0.3) is 11.3 Å². The molecular formula is C22H23FN4O2. The summed E-state index contributed by atoms with van der Waals surface area (Å²) in [6.07, 6.45) is 3.71. The van der Waals surface area contributed by atoms with Gasteiger partial charge in [-0.1, -0.05) is 17.3 Å². The zero-order valence-corrected chi connectivity index (χ0v) is 16.8. The van der Waals surface area contributed by atoms with Gasteiger partial charge in [0, 0.05) is 18.3 Å². The highest BCUT2D eigenvalue weighted by molar-refractivity contribution is 5.80. The smallest absolute Gasteiger partial charge is 0.227 e. The topological polar surface area (TPSA) is 72.1 Å². The van der Waals surface area contributed by atoms with Crippen LogP contribution in [0.5, 0.6) is 0 Å². The minimum atomic E-state index is -0.306. The maximum Gasteiger partial charge on any atom is 0.227 e. The number of amides is 1. The van der Waals surface area contributed by atoms with Crippen LogP contribution in [0.1, 0.15) is 47.2 Å². The fourth-order valence-electron chi connectivity index (χ4n) is 3.81. The average molecular weight is 394 g/mol. The molecule has 1 amide bonds. The van der Waals surface area contributed by atoms with Crippen molar-refractivity contribution in [3.63, 3.8) is 0 Å². The first-order valence-corrected chi connectivity index (χ1v) is 9.74. The molecule has 1 aliphatic rings. The van der Waals surface area contributed by atoms with E-state index in [0.29, 0.717) is 18.1 Å². The van der Waals surface area contributed by atoms with E-state index in [-0.39, 0.29) is 24.2 Å². The summed E-state index contributed by atoms with van der Waals surface area (Å²) in [5, 5.41) is 4.06. The highest BCUT2D eigenvalue weighted by atomic mass is 19.1. The third kappa shape index (κ3) is 3.77. The molecule has 7 heteroatoms. The lowest BCUT2D eigenvalue weighted by molar-refractivity contribution is -0.131. The largest absolute Gasteiger partial charge is 0.356 e. The van der Waals surface area contributed by atoms with Gasteiger partial charge in [0.2, 0.25) is 5.91 Å². The van der Waals surface area contributed by atoms with Crippen LogP contribution in [-0.4, -0.2) is 32.5 Å². The van der Waals surface area contributed by atoms with Crippen LogP contribution in [0.4, 0.5) is 4.39 Å². The lowest BCUT2D eigenvalue weighted by Crippen LogP contribution is -2.32. The van der Waals surface area contributed by atoms with E-state index in [4.69, 9.17) is 9.51 Å². The summed E-state index contributed by atoms with van der Waals surface area (Å²) in [4.78, 5) is 23.9. The molecule has 1 atom stereocenters. The highest BCUT2D eigenvalue weighted by Crippen LogP contribution is 2.38. The van der Waals surface area contributed by atoms with Crippen LogP contribution in [0.15, 0.2) is 35.0 Å². The third-order valence-corrected chi connectivity index (χ3v) is 5.50. The highest BCUT2D eigenvalue weighted by Gasteiger charge is 2.34. The minimum Gasteiger partial charge on any atom is -0.356 e. The molecule has 0 aliphatic carbocycles. The van der Waals surface area contributed by atoms with Crippen LogP contribution in [0.2, 0.25) is 0 Å². The van der Waals surface area contributed by atoms with Gasteiger partial charge in [0.25, 0.3) is 0 Å². The molecule has 2 aromatic heterocycles. The summed E-state index contributed by atoms with van der Waals surface area (Å²) in [5.41, 5.74) is 4.13. The van der Waals surface area contributed by atoms with Crippen LogP contribution in [-0.2, 0) is 11.2 Å². The molecule has 29 heavy (non-hydrogen) atoms. The van der Waals surface area contributed by atoms with E-state index in [9.17, 15) is 9.18 Å². The number of halogens is 1. The second-order valence-corrected chi connectivity index (χ2v) is 7.49. The summed E-state index contributed by atoms with van der Waals surface area (Å²) in [7, 11) is 0. The molecule has 0 N–H and O–H groups in total. The van der Waals surface area contributed by atoms with Gasteiger partial charge in [0.05, 0.1) is 29.4 Å². The molecule has 0 bridgehead atoms. The number of carbonyl (C=O) groups is 1. The van der Waals surface area contributed by atoms with Gasteiger partial charge in [-0.25, -0.2) is 14.4 Å². The van der Waals surface area contributed by atoms with Crippen LogP contribution < -0.4 is 0 Å². The van der Waals surface area contributed by atoms with Gasteiger partial charge in [-0.15, -0.1) is 0 Å². The van der Waals surface area contributed by atoms with Gasteiger partial charge in [0.1, 0.15) is 11.6 Å². The number of aryl methyl sites for hydroxylation is 2. The maximum absolute atomic E-state index is 13.2.